The van der Waals surface area contributed by atoms with Crippen LogP contribution in [0, 0.1) is 0 Å². The van der Waals surface area contributed by atoms with Crippen molar-refractivity contribution in [3.05, 3.63) is 11.8 Å². The van der Waals surface area contributed by atoms with Crippen LogP contribution in [0.3, 0.4) is 0 Å². The first kappa shape index (κ1) is 12.9. The highest BCUT2D eigenvalue weighted by Gasteiger charge is 2.25. The van der Waals surface area contributed by atoms with E-state index in [0.29, 0.717) is 0 Å². The van der Waals surface area contributed by atoms with Gasteiger partial charge in [-0.15, -0.1) is 0 Å². The topological polar surface area (TPSA) is 3.24 Å². The van der Waals surface area contributed by atoms with Crippen LogP contribution in [0.4, 0.5) is 0 Å². The molecular weight excluding hydrogens is 174 g/mol. The molecule has 0 spiro atoms. The van der Waals surface area contributed by atoms with Crippen LogP contribution in [-0.4, -0.2) is 26.9 Å². The second kappa shape index (κ2) is 6.38. The zero-order chi connectivity index (χ0) is 10.3. The van der Waals surface area contributed by atoms with Crippen molar-refractivity contribution in [2.75, 3.05) is 14.1 Å². The normalized spacial score (nSPS) is 16.8. The number of nitrogens with zero attached hydrogens (tertiary/aromatic N) is 1. The molecule has 0 fully saturated rings. The predicted octanol–water partition coefficient (Wildman–Crippen LogP) is 3.43. The largest absolute Gasteiger partial charge is 0.326 e. The lowest BCUT2D eigenvalue weighted by Gasteiger charge is -2.30. The Morgan fingerprint density at radius 3 is 2.15 bits per heavy atom. The van der Waals surface area contributed by atoms with Crippen LogP contribution >= 0.6 is 0 Å². The van der Waals surface area contributed by atoms with Gasteiger partial charge in [-0.25, -0.2) is 0 Å². The molecule has 0 aliphatic rings. The minimum atomic E-state index is -1.21. The Hall–Kier alpha value is -0.0831. The summed E-state index contributed by atoms with van der Waals surface area (Å²) >= 11 is 0. The van der Waals surface area contributed by atoms with Crippen molar-refractivity contribution in [1.82, 2.24) is 4.57 Å². The van der Waals surface area contributed by atoms with Gasteiger partial charge in [0.15, 0.2) is 0 Å². The molecule has 0 N–H and O–H groups in total. The quantitative estimate of drug-likeness (QED) is 0.592. The average Bonchev–Trinajstić information content (AvgIpc) is 2.05. The van der Waals surface area contributed by atoms with Gasteiger partial charge < -0.3 is 4.57 Å². The molecule has 0 radical (unpaired) electrons. The molecule has 0 aromatic rings. The summed E-state index contributed by atoms with van der Waals surface area (Å²) in [4.78, 5) is 0. The molecule has 0 aliphatic carbocycles. The van der Waals surface area contributed by atoms with Crippen molar-refractivity contribution in [3.8, 4) is 0 Å². The molecule has 0 bridgehead atoms. The van der Waals surface area contributed by atoms with Crippen LogP contribution in [0.5, 0.6) is 0 Å². The first-order valence-electron chi connectivity index (χ1n) is 5.42. The molecule has 0 aromatic carbocycles. The maximum Gasteiger partial charge on any atom is 0.149 e. The van der Waals surface area contributed by atoms with Gasteiger partial charge in [-0.1, -0.05) is 45.0 Å². The molecule has 0 heterocycles. The number of rotatable bonds is 6. The third-order valence-electron chi connectivity index (χ3n) is 2.71. The minimum absolute atomic E-state index is 1.21. The highest BCUT2D eigenvalue weighted by atomic mass is 28.3. The van der Waals surface area contributed by atoms with Crippen LogP contribution in [0.25, 0.3) is 0 Å². The molecular formula is C11H25NSi. The summed E-state index contributed by atoms with van der Waals surface area (Å²) in [7, 11) is 3.23. The molecule has 1 atom stereocenters. The van der Waals surface area contributed by atoms with E-state index in [0.717, 1.165) is 0 Å². The molecule has 0 aromatic heterocycles. The van der Waals surface area contributed by atoms with E-state index in [1.165, 1.54) is 25.3 Å². The Bertz CT molecular complexity index is 154. The molecule has 2 heteroatoms. The first-order valence-corrected chi connectivity index (χ1v) is 8.15. The fourth-order valence-corrected chi connectivity index (χ4v) is 4.06. The van der Waals surface area contributed by atoms with Gasteiger partial charge >= 0.3 is 0 Å². The second-order valence-corrected chi connectivity index (χ2v) is 8.63. The number of hydrogen-bond donors (Lipinski definition) is 0. The lowest BCUT2D eigenvalue weighted by molar-refractivity contribution is 0.619. The summed E-state index contributed by atoms with van der Waals surface area (Å²) in [6, 6.07) is 1.38. The smallest absolute Gasteiger partial charge is 0.149 e. The number of allylic oxidation sites excluding steroid dienone is 1. The Morgan fingerprint density at radius 1 is 1.15 bits per heavy atom. The van der Waals surface area contributed by atoms with Gasteiger partial charge in [0.2, 0.25) is 0 Å². The number of hydrogen-bond acceptors (Lipinski definition) is 1. The average molecular weight is 199 g/mol. The summed E-state index contributed by atoms with van der Waals surface area (Å²) in [5, 5.41) is 0. The highest BCUT2D eigenvalue weighted by Crippen LogP contribution is 2.16. The summed E-state index contributed by atoms with van der Waals surface area (Å²) in [6.45, 7) is 6.96. The van der Waals surface area contributed by atoms with Crippen molar-refractivity contribution >= 4 is 8.24 Å². The van der Waals surface area contributed by atoms with Gasteiger partial charge in [-0.2, -0.15) is 0 Å². The van der Waals surface area contributed by atoms with Crippen LogP contribution in [-0.2, 0) is 0 Å². The lowest BCUT2D eigenvalue weighted by Crippen LogP contribution is -2.44. The summed E-state index contributed by atoms with van der Waals surface area (Å²) in [5.41, 5.74) is 2.50. The molecule has 0 rings (SSSR count). The maximum absolute atomic E-state index is 2.50. The third-order valence-corrected chi connectivity index (χ3v) is 7.22. The van der Waals surface area contributed by atoms with E-state index in [4.69, 9.17) is 0 Å². The molecule has 0 saturated heterocycles. The molecule has 1 unspecified atom stereocenters. The van der Waals surface area contributed by atoms with E-state index in [-0.39, 0.29) is 0 Å². The minimum Gasteiger partial charge on any atom is -0.326 e. The van der Waals surface area contributed by atoms with Crippen molar-refractivity contribution in [1.29, 1.82) is 0 Å². The van der Waals surface area contributed by atoms with Crippen LogP contribution in [0.2, 0.25) is 12.6 Å². The Kier molecular flexibility index (Phi) is 6.34. The monoisotopic (exact) mass is 199 g/mol. The molecule has 1 nitrogen and oxygen atoms in total. The van der Waals surface area contributed by atoms with Crippen molar-refractivity contribution in [2.45, 2.75) is 45.7 Å². The van der Waals surface area contributed by atoms with Gasteiger partial charge in [0, 0.05) is 0 Å². The van der Waals surface area contributed by atoms with Crippen LogP contribution < -0.4 is 0 Å². The zero-order valence-electron chi connectivity index (χ0n) is 9.93. The molecule has 0 saturated carbocycles. The van der Waals surface area contributed by atoms with Gasteiger partial charge in [-0.05, 0) is 26.6 Å². The number of unbranched alkanes of at least 4 members (excludes halogenated alkanes) is 1. The Labute approximate surface area is 84.9 Å². The van der Waals surface area contributed by atoms with Crippen LogP contribution in [0.1, 0.15) is 33.1 Å². The first-order chi connectivity index (χ1) is 6.06. The third kappa shape index (κ3) is 4.63. The lowest BCUT2D eigenvalue weighted by atomic mass is 10.3. The van der Waals surface area contributed by atoms with Gasteiger partial charge in [0.05, 0.1) is 0 Å². The highest BCUT2D eigenvalue weighted by molar-refractivity contribution is 6.80. The van der Waals surface area contributed by atoms with E-state index in [1.54, 1.807) is 0 Å². The fourth-order valence-electron chi connectivity index (χ4n) is 1.47. The Balaban J connectivity index is 4.23. The molecule has 78 valence electrons. The van der Waals surface area contributed by atoms with Gasteiger partial charge in [0.25, 0.3) is 0 Å². The fraction of sp³-hybridized carbons (Fsp3) is 0.818. The summed E-state index contributed by atoms with van der Waals surface area (Å²) in [6.07, 6.45) is 6.18. The molecule has 0 aliphatic heterocycles. The van der Waals surface area contributed by atoms with Crippen molar-refractivity contribution < 1.29 is 0 Å². The maximum atomic E-state index is 2.50. The van der Waals surface area contributed by atoms with E-state index < -0.39 is 8.24 Å². The molecule has 0 amide bonds. The van der Waals surface area contributed by atoms with E-state index in [2.05, 4.69) is 50.8 Å². The molecule has 13 heavy (non-hydrogen) atoms. The SMILES string of the molecule is CCCC=C[Si](C)(CCC)N(C)C. The van der Waals surface area contributed by atoms with Crippen LogP contribution in [0.15, 0.2) is 11.8 Å². The van der Waals surface area contributed by atoms with Gasteiger partial charge in [0.1, 0.15) is 8.24 Å². The summed E-state index contributed by atoms with van der Waals surface area (Å²) in [5.74, 6) is 0. The van der Waals surface area contributed by atoms with E-state index in [1.807, 2.05) is 0 Å². The van der Waals surface area contributed by atoms with Crippen molar-refractivity contribution in [3.63, 3.8) is 0 Å². The van der Waals surface area contributed by atoms with Gasteiger partial charge in [-0.3, -0.25) is 0 Å². The Morgan fingerprint density at radius 2 is 1.77 bits per heavy atom. The summed E-state index contributed by atoms with van der Waals surface area (Å²) < 4.78 is 2.45. The second-order valence-electron chi connectivity index (χ2n) is 4.19. The van der Waals surface area contributed by atoms with E-state index >= 15 is 0 Å². The standard InChI is InChI=1S/C11H25NSi/c1-6-8-9-11-13(5,10-7-2)12(3)4/h9,11H,6-8,10H2,1-5H3. The van der Waals surface area contributed by atoms with Crippen molar-refractivity contribution in [2.24, 2.45) is 0 Å². The van der Waals surface area contributed by atoms with E-state index in [9.17, 15) is 0 Å². The zero-order valence-corrected chi connectivity index (χ0v) is 10.9. The predicted molar refractivity (Wildman–Crippen MR) is 64.5 cm³/mol.